The standard InChI is InChI=1S/C51H30N4O2/c1-3-14-31(15-4-1)34-18-7-8-20-38(34)50-52-49(33-26-27-40-45(30-33)57-43-25-13-22-35(46(40)43)32-16-5-2-6-17-32)53-51(54-50)55-41-23-11-9-19-36(41)37-28-29-44-47(48(37)55)39-21-10-12-24-42(39)56-44/h1-30H. The summed E-state index contributed by atoms with van der Waals surface area (Å²) in [6, 6.07) is 62.5. The summed E-state index contributed by atoms with van der Waals surface area (Å²) in [5.74, 6) is 1.62. The molecule has 0 atom stereocenters. The van der Waals surface area contributed by atoms with Crippen LogP contribution in [-0.2, 0) is 0 Å². The molecule has 0 unspecified atom stereocenters. The lowest BCUT2D eigenvalue weighted by Gasteiger charge is -2.13. The van der Waals surface area contributed by atoms with E-state index in [1.807, 2.05) is 36.4 Å². The van der Waals surface area contributed by atoms with Gasteiger partial charge in [-0.15, -0.1) is 0 Å². The van der Waals surface area contributed by atoms with Crippen LogP contribution in [0.25, 0.3) is 117 Å². The minimum absolute atomic E-state index is 0.512. The SMILES string of the molecule is c1ccc(-c2ccccc2-c2nc(-c3ccc4c(c3)oc3cccc(-c5ccccc5)c34)nc(-n3c4ccccc4c4ccc5oc6ccccc6c5c43)n2)cc1. The first-order chi connectivity index (χ1) is 28.3. The highest BCUT2D eigenvalue weighted by Crippen LogP contribution is 2.42. The van der Waals surface area contributed by atoms with Crippen LogP contribution in [0.15, 0.2) is 191 Å². The Balaban J connectivity index is 1.15. The van der Waals surface area contributed by atoms with Gasteiger partial charge in [-0.3, -0.25) is 4.57 Å². The smallest absolute Gasteiger partial charge is 0.238 e. The molecule has 0 radical (unpaired) electrons. The van der Waals surface area contributed by atoms with Crippen LogP contribution in [-0.4, -0.2) is 19.5 Å². The Morgan fingerprint density at radius 2 is 0.947 bits per heavy atom. The maximum Gasteiger partial charge on any atom is 0.238 e. The van der Waals surface area contributed by atoms with Crippen molar-refractivity contribution in [3.05, 3.63) is 182 Å². The summed E-state index contributed by atoms with van der Waals surface area (Å²) in [7, 11) is 0. The molecule has 0 amide bonds. The molecule has 0 aliphatic rings. The van der Waals surface area contributed by atoms with E-state index in [4.69, 9.17) is 23.8 Å². The molecular formula is C51H30N4O2. The number of furan rings is 2. The average Bonchev–Trinajstić information content (AvgIpc) is 3.96. The van der Waals surface area contributed by atoms with Crippen molar-refractivity contribution in [3.63, 3.8) is 0 Å². The van der Waals surface area contributed by atoms with Gasteiger partial charge < -0.3 is 8.83 Å². The zero-order valence-electron chi connectivity index (χ0n) is 30.4. The Kier molecular flexibility index (Phi) is 6.83. The van der Waals surface area contributed by atoms with E-state index in [0.717, 1.165) is 99.1 Å². The number of hydrogen-bond donors (Lipinski definition) is 0. The summed E-state index contributed by atoms with van der Waals surface area (Å²) < 4.78 is 15.2. The van der Waals surface area contributed by atoms with Crippen LogP contribution in [0.3, 0.4) is 0 Å². The third-order valence-corrected chi connectivity index (χ3v) is 11.1. The molecule has 6 nitrogen and oxygen atoms in total. The maximum absolute atomic E-state index is 6.58. The van der Waals surface area contributed by atoms with E-state index in [-0.39, 0.29) is 0 Å². The predicted molar refractivity (Wildman–Crippen MR) is 230 cm³/mol. The fourth-order valence-corrected chi connectivity index (χ4v) is 8.56. The molecule has 0 fully saturated rings. The van der Waals surface area contributed by atoms with Gasteiger partial charge in [-0.05, 0) is 64.7 Å². The molecule has 4 aromatic heterocycles. The summed E-state index contributed by atoms with van der Waals surface area (Å²) >= 11 is 0. The topological polar surface area (TPSA) is 69.9 Å². The van der Waals surface area contributed by atoms with Crippen molar-refractivity contribution in [1.82, 2.24) is 19.5 Å². The van der Waals surface area contributed by atoms with Crippen LogP contribution in [0.4, 0.5) is 0 Å². The lowest BCUT2D eigenvalue weighted by atomic mass is 9.99. The number of aromatic nitrogens is 4. The van der Waals surface area contributed by atoms with E-state index in [0.29, 0.717) is 17.6 Å². The molecule has 0 saturated carbocycles. The highest BCUT2D eigenvalue weighted by Gasteiger charge is 2.23. The van der Waals surface area contributed by atoms with Crippen LogP contribution in [0, 0.1) is 0 Å². The third kappa shape index (κ3) is 4.87. The van der Waals surface area contributed by atoms with E-state index >= 15 is 0 Å². The second-order valence-electron chi connectivity index (χ2n) is 14.3. The quantitative estimate of drug-likeness (QED) is 0.176. The fourth-order valence-electron chi connectivity index (χ4n) is 8.56. The first-order valence-corrected chi connectivity index (χ1v) is 19.0. The van der Waals surface area contributed by atoms with Crippen LogP contribution in [0.1, 0.15) is 0 Å². The van der Waals surface area contributed by atoms with Crippen LogP contribution in [0.5, 0.6) is 0 Å². The van der Waals surface area contributed by atoms with Gasteiger partial charge in [-0.25, -0.2) is 4.98 Å². The van der Waals surface area contributed by atoms with Crippen LogP contribution < -0.4 is 0 Å². The number of hydrogen-bond acceptors (Lipinski definition) is 5. The first-order valence-electron chi connectivity index (χ1n) is 19.0. The fraction of sp³-hybridized carbons (Fsp3) is 0. The molecule has 6 heteroatoms. The van der Waals surface area contributed by atoms with Gasteiger partial charge in [-0.1, -0.05) is 140 Å². The average molecular weight is 731 g/mol. The molecule has 0 N–H and O–H groups in total. The lowest BCUT2D eigenvalue weighted by molar-refractivity contribution is 0.668. The second kappa shape index (κ2) is 12.3. The van der Waals surface area contributed by atoms with Gasteiger partial charge in [0, 0.05) is 38.1 Å². The molecule has 0 aliphatic carbocycles. The summed E-state index contributed by atoms with van der Waals surface area (Å²) in [6.07, 6.45) is 0. The van der Waals surface area contributed by atoms with Gasteiger partial charge in [0.05, 0.1) is 16.4 Å². The minimum atomic E-state index is 0.512. The second-order valence-corrected chi connectivity index (χ2v) is 14.3. The summed E-state index contributed by atoms with van der Waals surface area (Å²) in [5.41, 5.74) is 11.3. The molecule has 0 bridgehead atoms. The van der Waals surface area contributed by atoms with Crippen LogP contribution >= 0.6 is 0 Å². The van der Waals surface area contributed by atoms with Gasteiger partial charge in [0.25, 0.3) is 0 Å². The zero-order valence-corrected chi connectivity index (χ0v) is 30.4. The zero-order chi connectivity index (χ0) is 37.5. The highest BCUT2D eigenvalue weighted by atomic mass is 16.3. The normalized spacial score (nSPS) is 11.9. The summed E-state index contributed by atoms with van der Waals surface area (Å²) in [5, 5.41) is 6.37. The van der Waals surface area contributed by atoms with Gasteiger partial charge in [0.1, 0.15) is 22.3 Å². The molecule has 0 aliphatic heterocycles. The highest BCUT2D eigenvalue weighted by molar-refractivity contribution is 6.24. The molecule has 57 heavy (non-hydrogen) atoms. The molecule has 266 valence electrons. The molecule has 12 aromatic rings. The van der Waals surface area contributed by atoms with Crippen molar-refractivity contribution in [1.29, 1.82) is 0 Å². The Morgan fingerprint density at radius 3 is 1.79 bits per heavy atom. The summed E-state index contributed by atoms with van der Waals surface area (Å²) in [6.45, 7) is 0. The Bertz CT molecular complexity index is 3530. The van der Waals surface area contributed by atoms with E-state index in [2.05, 4.69) is 150 Å². The number of rotatable bonds is 5. The largest absolute Gasteiger partial charge is 0.456 e. The minimum Gasteiger partial charge on any atom is -0.456 e. The Morgan fingerprint density at radius 1 is 0.351 bits per heavy atom. The maximum atomic E-state index is 6.58. The van der Waals surface area contributed by atoms with E-state index in [1.54, 1.807) is 0 Å². The van der Waals surface area contributed by atoms with Gasteiger partial charge >= 0.3 is 0 Å². The molecule has 12 rings (SSSR count). The van der Waals surface area contributed by atoms with Crippen molar-refractivity contribution in [2.75, 3.05) is 0 Å². The van der Waals surface area contributed by atoms with Crippen molar-refractivity contribution >= 4 is 65.7 Å². The van der Waals surface area contributed by atoms with E-state index in [1.165, 1.54) is 0 Å². The first kappa shape index (κ1) is 31.5. The molecule has 0 spiro atoms. The Hall–Kier alpha value is -7.83. The monoisotopic (exact) mass is 730 g/mol. The van der Waals surface area contributed by atoms with E-state index < -0.39 is 0 Å². The molecular weight excluding hydrogens is 701 g/mol. The predicted octanol–water partition coefficient (Wildman–Crippen LogP) is 13.4. The molecule has 4 heterocycles. The summed E-state index contributed by atoms with van der Waals surface area (Å²) in [4.78, 5) is 16.0. The Labute approximate surface area is 325 Å². The molecule has 8 aromatic carbocycles. The van der Waals surface area contributed by atoms with Crippen molar-refractivity contribution in [3.8, 4) is 51.0 Å². The van der Waals surface area contributed by atoms with Gasteiger partial charge in [-0.2, -0.15) is 9.97 Å². The molecule has 0 saturated heterocycles. The van der Waals surface area contributed by atoms with Crippen molar-refractivity contribution < 1.29 is 8.83 Å². The van der Waals surface area contributed by atoms with Crippen molar-refractivity contribution in [2.24, 2.45) is 0 Å². The third-order valence-electron chi connectivity index (χ3n) is 11.1. The van der Waals surface area contributed by atoms with Crippen molar-refractivity contribution in [2.45, 2.75) is 0 Å². The number of fused-ring (bicyclic) bond motifs is 10. The number of para-hydroxylation sites is 2. The van der Waals surface area contributed by atoms with Gasteiger partial charge in [0.15, 0.2) is 11.6 Å². The van der Waals surface area contributed by atoms with Crippen LogP contribution in [0.2, 0.25) is 0 Å². The van der Waals surface area contributed by atoms with Gasteiger partial charge in [0.2, 0.25) is 5.95 Å². The number of benzene rings is 8. The number of nitrogens with zero attached hydrogens (tertiary/aromatic N) is 4. The van der Waals surface area contributed by atoms with E-state index in [9.17, 15) is 0 Å². The lowest BCUT2D eigenvalue weighted by Crippen LogP contribution is -2.07.